The SMILES string of the molecule is O=C(O)CCCCCCCN(C(=O)c1ccccc1)c1ccccc1. The van der Waals surface area contributed by atoms with Crippen LogP contribution in [-0.2, 0) is 4.79 Å². The molecule has 0 aliphatic rings. The first-order valence-corrected chi connectivity index (χ1v) is 8.82. The van der Waals surface area contributed by atoms with Gasteiger partial charge in [0.1, 0.15) is 0 Å². The van der Waals surface area contributed by atoms with Crippen molar-refractivity contribution in [1.82, 2.24) is 0 Å². The first kappa shape index (κ1) is 18.7. The van der Waals surface area contributed by atoms with Gasteiger partial charge in [-0.1, -0.05) is 55.7 Å². The third kappa shape index (κ3) is 6.42. The fraction of sp³-hybridized carbons (Fsp3) is 0.333. The summed E-state index contributed by atoms with van der Waals surface area (Å²) < 4.78 is 0. The van der Waals surface area contributed by atoms with Crippen molar-refractivity contribution in [3.63, 3.8) is 0 Å². The quantitative estimate of drug-likeness (QED) is 0.635. The summed E-state index contributed by atoms with van der Waals surface area (Å²) in [6, 6.07) is 19.0. The van der Waals surface area contributed by atoms with E-state index < -0.39 is 5.97 Å². The van der Waals surface area contributed by atoms with Crippen LogP contribution in [0, 0.1) is 0 Å². The number of hydrogen-bond donors (Lipinski definition) is 1. The van der Waals surface area contributed by atoms with Gasteiger partial charge in [0.2, 0.25) is 0 Å². The van der Waals surface area contributed by atoms with Crippen molar-refractivity contribution >= 4 is 17.6 Å². The fourth-order valence-corrected chi connectivity index (χ4v) is 2.77. The molecule has 0 saturated carbocycles. The maximum atomic E-state index is 12.8. The number of anilines is 1. The van der Waals surface area contributed by atoms with E-state index in [1.165, 1.54) is 0 Å². The molecule has 0 heterocycles. The molecule has 4 nitrogen and oxygen atoms in total. The van der Waals surface area contributed by atoms with Gasteiger partial charge in [0.15, 0.2) is 0 Å². The summed E-state index contributed by atoms with van der Waals surface area (Å²) in [6.45, 7) is 0.663. The Morgan fingerprint density at radius 3 is 1.96 bits per heavy atom. The second-order valence-electron chi connectivity index (χ2n) is 6.07. The zero-order valence-electron chi connectivity index (χ0n) is 14.4. The number of carboxylic acids is 1. The van der Waals surface area contributed by atoms with Crippen molar-refractivity contribution < 1.29 is 14.7 Å². The number of carbonyl (C=O) groups is 2. The number of carbonyl (C=O) groups excluding carboxylic acids is 1. The van der Waals surface area contributed by atoms with Crippen LogP contribution in [0.25, 0.3) is 0 Å². The van der Waals surface area contributed by atoms with Gasteiger partial charge >= 0.3 is 5.97 Å². The molecule has 1 amide bonds. The van der Waals surface area contributed by atoms with Crippen LogP contribution in [0.15, 0.2) is 60.7 Å². The van der Waals surface area contributed by atoms with Gasteiger partial charge in [0, 0.05) is 24.2 Å². The molecule has 0 bridgehead atoms. The van der Waals surface area contributed by atoms with Crippen molar-refractivity contribution in [2.75, 3.05) is 11.4 Å². The molecule has 2 aromatic rings. The summed E-state index contributed by atoms with van der Waals surface area (Å²) in [4.78, 5) is 25.2. The molecule has 0 aromatic heterocycles. The smallest absolute Gasteiger partial charge is 0.303 e. The summed E-state index contributed by atoms with van der Waals surface area (Å²) >= 11 is 0. The molecule has 0 fully saturated rings. The van der Waals surface area contributed by atoms with E-state index in [2.05, 4.69) is 0 Å². The minimum absolute atomic E-state index is 0.0117. The van der Waals surface area contributed by atoms with Crippen LogP contribution in [0.5, 0.6) is 0 Å². The minimum Gasteiger partial charge on any atom is -0.481 e. The van der Waals surface area contributed by atoms with Gasteiger partial charge in [-0.2, -0.15) is 0 Å². The number of amides is 1. The highest BCUT2D eigenvalue weighted by molar-refractivity contribution is 6.06. The van der Waals surface area contributed by atoms with Gasteiger partial charge in [-0.3, -0.25) is 9.59 Å². The Morgan fingerprint density at radius 2 is 1.32 bits per heavy atom. The highest BCUT2D eigenvalue weighted by Gasteiger charge is 2.16. The van der Waals surface area contributed by atoms with Crippen molar-refractivity contribution in [2.45, 2.75) is 38.5 Å². The fourth-order valence-electron chi connectivity index (χ4n) is 2.77. The van der Waals surface area contributed by atoms with Crippen molar-refractivity contribution in [3.8, 4) is 0 Å². The van der Waals surface area contributed by atoms with Crippen LogP contribution < -0.4 is 4.90 Å². The molecule has 2 rings (SSSR count). The maximum Gasteiger partial charge on any atom is 0.303 e. The van der Waals surface area contributed by atoms with E-state index in [1.807, 2.05) is 65.6 Å². The zero-order valence-corrected chi connectivity index (χ0v) is 14.4. The predicted octanol–water partition coefficient (Wildman–Crippen LogP) is 4.76. The van der Waals surface area contributed by atoms with Gasteiger partial charge in [0.05, 0.1) is 0 Å². The van der Waals surface area contributed by atoms with Gasteiger partial charge in [-0.25, -0.2) is 0 Å². The lowest BCUT2D eigenvalue weighted by Gasteiger charge is -2.23. The lowest BCUT2D eigenvalue weighted by atomic mass is 10.1. The summed E-state index contributed by atoms with van der Waals surface area (Å²) in [7, 11) is 0. The molecule has 0 radical (unpaired) electrons. The van der Waals surface area contributed by atoms with E-state index in [9.17, 15) is 9.59 Å². The third-order valence-corrected chi connectivity index (χ3v) is 4.11. The number of unbranched alkanes of at least 4 members (excludes halogenated alkanes) is 4. The lowest BCUT2D eigenvalue weighted by molar-refractivity contribution is -0.137. The van der Waals surface area contributed by atoms with Crippen molar-refractivity contribution in [1.29, 1.82) is 0 Å². The third-order valence-electron chi connectivity index (χ3n) is 4.11. The van der Waals surface area contributed by atoms with Gasteiger partial charge in [0.25, 0.3) is 5.91 Å². The molecule has 0 spiro atoms. The predicted molar refractivity (Wildman–Crippen MR) is 99.9 cm³/mol. The first-order valence-electron chi connectivity index (χ1n) is 8.82. The number of para-hydroxylation sites is 1. The highest BCUT2D eigenvalue weighted by atomic mass is 16.4. The molecule has 0 atom stereocenters. The normalized spacial score (nSPS) is 10.4. The Hall–Kier alpha value is -2.62. The molecule has 0 unspecified atom stereocenters. The van der Waals surface area contributed by atoms with Gasteiger partial charge < -0.3 is 10.0 Å². The van der Waals surface area contributed by atoms with E-state index >= 15 is 0 Å². The molecule has 0 aliphatic heterocycles. The van der Waals surface area contributed by atoms with E-state index in [1.54, 1.807) is 0 Å². The van der Waals surface area contributed by atoms with Crippen LogP contribution in [0.1, 0.15) is 48.9 Å². The molecule has 132 valence electrons. The number of hydrogen-bond acceptors (Lipinski definition) is 2. The lowest BCUT2D eigenvalue weighted by Crippen LogP contribution is -2.31. The minimum atomic E-state index is -0.733. The van der Waals surface area contributed by atoms with Crippen LogP contribution in [-0.4, -0.2) is 23.5 Å². The molecular weight excluding hydrogens is 314 g/mol. The van der Waals surface area contributed by atoms with E-state index in [4.69, 9.17) is 5.11 Å². The topological polar surface area (TPSA) is 57.6 Å². The Bertz CT molecular complexity index is 655. The number of aliphatic carboxylic acids is 1. The Kier molecular flexibility index (Phi) is 7.70. The molecular formula is C21H25NO3. The van der Waals surface area contributed by atoms with Crippen molar-refractivity contribution in [3.05, 3.63) is 66.2 Å². The number of nitrogens with zero attached hydrogens (tertiary/aromatic N) is 1. The number of carboxylic acid groups (broad SMARTS) is 1. The highest BCUT2D eigenvalue weighted by Crippen LogP contribution is 2.18. The molecule has 25 heavy (non-hydrogen) atoms. The van der Waals surface area contributed by atoms with Crippen molar-refractivity contribution in [2.24, 2.45) is 0 Å². The zero-order chi connectivity index (χ0) is 17.9. The van der Waals surface area contributed by atoms with Crippen LogP contribution in [0.2, 0.25) is 0 Å². The maximum absolute atomic E-state index is 12.8. The second kappa shape index (κ2) is 10.3. The Labute approximate surface area is 149 Å². The molecule has 1 N–H and O–H groups in total. The summed E-state index contributed by atoms with van der Waals surface area (Å²) in [5.74, 6) is -0.721. The van der Waals surface area contributed by atoms with Gasteiger partial charge in [-0.15, -0.1) is 0 Å². The van der Waals surface area contributed by atoms with E-state index in [0.29, 0.717) is 12.1 Å². The Balaban J connectivity index is 1.90. The monoisotopic (exact) mass is 339 g/mol. The van der Waals surface area contributed by atoms with Gasteiger partial charge in [-0.05, 0) is 37.1 Å². The second-order valence-corrected chi connectivity index (χ2v) is 6.07. The molecule has 0 aliphatic carbocycles. The average molecular weight is 339 g/mol. The summed E-state index contributed by atoms with van der Waals surface area (Å²) in [6.07, 6.45) is 4.77. The largest absolute Gasteiger partial charge is 0.481 e. The van der Waals surface area contributed by atoms with E-state index in [-0.39, 0.29) is 12.3 Å². The summed E-state index contributed by atoms with van der Waals surface area (Å²) in [5, 5.41) is 8.64. The average Bonchev–Trinajstić information content (AvgIpc) is 2.65. The van der Waals surface area contributed by atoms with Crippen LogP contribution in [0.4, 0.5) is 5.69 Å². The van der Waals surface area contributed by atoms with Crippen LogP contribution in [0.3, 0.4) is 0 Å². The number of benzene rings is 2. The molecule has 2 aromatic carbocycles. The summed E-state index contributed by atoms with van der Waals surface area (Å²) in [5.41, 5.74) is 1.59. The molecule has 4 heteroatoms. The molecule has 0 saturated heterocycles. The van der Waals surface area contributed by atoms with E-state index in [0.717, 1.165) is 37.8 Å². The first-order chi connectivity index (χ1) is 12.2. The number of rotatable bonds is 10. The standard InChI is InChI=1S/C21H25NO3/c23-20(24)16-10-2-1-3-11-17-22(19-14-8-5-9-15-19)21(25)18-12-6-4-7-13-18/h4-9,12-15H,1-3,10-11,16-17H2,(H,23,24). The van der Waals surface area contributed by atoms with Crippen LogP contribution >= 0.6 is 0 Å². The Morgan fingerprint density at radius 1 is 0.760 bits per heavy atom.